The van der Waals surface area contributed by atoms with Gasteiger partial charge in [-0.25, -0.2) is 9.69 Å². The van der Waals surface area contributed by atoms with Crippen LogP contribution in [0.5, 0.6) is 0 Å². The van der Waals surface area contributed by atoms with Crippen LogP contribution in [-0.2, 0) is 9.47 Å². The molecule has 1 fully saturated rings. The van der Waals surface area contributed by atoms with Gasteiger partial charge in [-0.2, -0.15) is 0 Å². The first-order valence-corrected chi connectivity index (χ1v) is 8.52. The number of anilines is 1. The van der Waals surface area contributed by atoms with E-state index in [1.54, 1.807) is 48.5 Å². The Kier molecular flexibility index (Phi) is 4.26. The Bertz CT molecular complexity index is 833. The minimum absolute atomic E-state index is 0.0310. The lowest BCUT2D eigenvalue weighted by Gasteiger charge is -2.14. The molecule has 1 saturated heterocycles. The summed E-state index contributed by atoms with van der Waals surface area (Å²) in [6.07, 6.45) is 1.85. The molecule has 0 bridgehead atoms. The number of ether oxygens (including phenoxy) is 2. The lowest BCUT2D eigenvalue weighted by atomic mass is 10.1. The highest BCUT2D eigenvalue weighted by Crippen LogP contribution is 2.28. The SMILES string of the molecule is O=C(OCC1CCCO1)c1ccc(N2C(=O)c3ccccc3C2=O)cc1. The van der Waals surface area contributed by atoms with E-state index < -0.39 is 5.97 Å². The van der Waals surface area contributed by atoms with Crippen molar-refractivity contribution in [2.75, 3.05) is 18.1 Å². The normalized spacial score (nSPS) is 18.9. The van der Waals surface area contributed by atoms with Crippen molar-refractivity contribution in [1.82, 2.24) is 0 Å². The summed E-state index contributed by atoms with van der Waals surface area (Å²) in [5.74, 6) is -1.17. The van der Waals surface area contributed by atoms with Gasteiger partial charge in [-0.05, 0) is 49.2 Å². The maximum absolute atomic E-state index is 12.5. The standard InChI is InChI=1S/C20H17NO5/c22-18-16-5-1-2-6-17(16)19(23)21(18)14-9-7-13(8-10-14)20(24)26-12-15-4-3-11-25-15/h1-2,5-10,15H,3-4,11-12H2. The Balaban J connectivity index is 1.47. The fourth-order valence-electron chi connectivity index (χ4n) is 3.20. The number of benzene rings is 2. The van der Waals surface area contributed by atoms with Crippen molar-refractivity contribution in [3.63, 3.8) is 0 Å². The monoisotopic (exact) mass is 351 g/mol. The number of esters is 1. The van der Waals surface area contributed by atoms with Crippen LogP contribution in [0.3, 0.4) is 0 Å². The van der Waals surface area contributed by atoms with Crippen molar-refractivity contribution in [3.8, 4) is 0 Å². The van der Waals surface area contributed by atoms with Crippen molar-refractivity contribution in [2.45, 2.75) is 18.9 Å². The first kappa shape index (κ1) is 16.5. The maximum Gasteiger partial charge on any atom is 0.338 e. The van der Waals surface area contributed by atoms with Crippen LogP contribution in [0.1, 0.15) is 43.9 Å². The molecule has 0 spiro atoms. The van der Waals surface area contributed by atoms with Gasteiger partial charge in [0, 0.05) is 6.61 Å². The van der Waals surface area contributed by atoms with Gasteiger partial charge in [-0.1, -0.05) is 12.1 Å². The predicted octanol–water partition coefficient (Wildman–Crippen LogP) is 2.82. The molecular weight excluding hydrogens is 334 g/mol. The van der Waals surface area contributed by atoms with Crippen molar-refractivity contribution < 1.29 is 23.9 Å². The van der Waals surface area contributed by atoms with Crippen LogP contribution in [0.15, 0.2) is 48.5 Å². The molecule has 4 rings (SSSR count). The molecule has 2 aliphatic rings. The van der Waals surface area contributed by atoms with E-state index in [0.29, 0.717) is 29.0 Å². The van der Waals surface area contributed by atoms with Gasteiger partial charge in [0.15, 0.2) is 0 Å². The fourth-order valence-corrected chi connectivity index (χ4v) is 3.20. The van der Waals surface area contributed by atoms with E-state index >= 15 is 0 Å². The smallest absolute Gasteiger partial charge is 0.338 e. The van der Waals surface area contributed by atoms with E-state index in [1.807, 2.05) is 0 Å². The van der Waals surface area contributed by atoms with Crippen LogP contribution in [0.25, 0.3) is 0 Å². The van der Waals surface area contributed by atoms with E-state index in [-0.39, 0.29) is 24.5 Å². The van der Waals surface area contributed by atoms with Crippen molar-refractivity contribution in [3.05, 3.63) is 65.2 Å². The van der Waals surface area contributed by atoms with Crippen molar-refractivity contribution in [2.24, 2.45) is 0 Å². The molecule has 132 valence electrons. The van der Waals surface area contributed by atoms with Gasteiger partial charge in [0.25, 0.3) is 11.8 Å². The molecule has 26 heavy (non-hydrogen) atoms. The van der Waals surface area contributed by atoms with Crippen LogP contribution in [0.4, 0.5) is 5.69 Å². The van der Waals surface area contributed by atoms with Crippen LogP contribution >= 0.6 is 0 Å². The Morgan fingerprint density at radius 3 is 2.27 bits per heavy atom. The summed E-state index contributed by atoms with van der Waals surface area (Å²) in [5, 5.41) is 0. The molecule has 0 N–H and O–H groups in total. The summed E-state index contributed by atoms with van der Waals surface area (Å²) in [4.78, 5) is 38.2. The number of hydrogen-bond acceptors (Lipinski definition) is 5. The van der Waals surface area contributed by atoms with Crippen molar-refractivity contribution >= 4 is 23.5 Å². The number of hydrogen-bond donors (Lipinski definition) is 0. The zero-order chi connectivity index (χ0) is 18.1. The number of carbonyl (C=O) groups excluding carboxylic acids is 3. The van der Waals surface area contributed by atoms with Gasteiger partial charge in [-0.3, -0.25) is 9.59 Å². The Hall–Kier alpha value is -2.99. The lowest BCUT2D eigenvalue weighted by Crippen LogP contribution is -2.29. The molecule has 2 amide bonds. The summed E-state index contributed by atoms with van der Waals surface area (Å²) >= 11 is 0. The molecule has 0 saturated carbocycles. The molecular formula is C20H17NO5. The number of fused-ring (bicyclic) bond motifs is 1. The lowest BCUT2D eigenvalue weighted by molar-refractivity contribution is 0.0161. The number of amides is 2. The third-order valence-corrected chi connectivity index (χ3v) is 4.58. The highest BCUT2D eigenvalue weighted by Gasteiger charge is 2.36. The fraction of sp³-hybridized carbons (Fsp3) is 0.250. The molecule has 1 unspecified atom stereocenters. The molecule has 0 radical (unpaired) electrons. The molecule has 0 aromatic heterocycles. The second-order valence-electron chi connectivity index (χ2n) is 6.27. The van der Waals surface area contributed by atoms with Crippen LogP contribution < -0.4 is 4.90 Å². The van der Waals surface area contributed by atoms with Crippen LogP contribution in [0.2, 0.25) is 0 Å². The molecule has 6 nitrogen and oxygen atoms in total. The van der Waals surface area contributed by atoms with Gasteiger partial charge in [0.2, 0.25) is 0 Å². The minimum Gasteiger partial charge on any atom is -0.459 e. The Morgan fingerprint density at radius 1 is 1.04 bits per heavy atom. The summed E-state index contributed by atoms with van der Waals surface area (Å²) in [5.41, 5.74) is 1.56. The number of imide groups is 1. The van der Waals surface area contributed by atoms with Gasteiger partial charge >= 0.3 is 5.97 Å². The quantitative estimate of drug-likeness (QED) is 0.626. The summed E-state index contributed by atoms with van der Waals surface area (Å²) in [6, 6.07) is 13.0. The first-order chi connectivity index (χ1) is 12.6. The number of carbonyl (C=O) groups is 3. The average molecular weight is 351 g/mol. The zero-order valence-electron chi connectivity index (χ0n) is 14.0. The highest BCUT2D eigenvalue weighted by molar-refractivity contribution is 6.34. The largest absolute Gasteiger partial charge is 0.459 e. The number of rotatable bonds is 4. The second-order valence-corrected chi connectivity index (χ2v) is 6.27. The third-order valence-electron chi connectivity index (χ3n) is 4.58. The highest BCUT2D eigenvalue weighted by atomic mass is 16.6. The molecule has 2 aromatic carbocycles. The third kappa shape index (κ3) is 2.88. The van der Waals surface area contributed by atoms with Crippen molar-refractivity contribution in [1.29, 1.82) is 0 Å². The average Bonchev–Trinajstić information content (AvgIpc) is 3.28. The van der Waals surface area contributed by atoms with E-state index in [2.05, 4.69) is 0 Å². The van der Waals surface area contributed by atoms with Gasteiger partial charge in [0.1, 0.15) is 6.61 Å². The predicted molar refractivity (Wildman–Crippen MR) is 93.3 cm³/mol. The Labute approximate surface area is 150 Å². The van der Waals surface area contributed by atoms with Gasteiger partial charge < -0.3 is 9.47 Å². The first-order valence-electron chi connectivity index (χ1n) is 8.52. The van der Waals surface area contributed by atoms with E-state index in [4.69, 9.17) is 9.47 Å². The topological polar surface area (TPSA) is 72.9 Å². The molecule has 0 aliphatic carbocycles. The molecule has 1 atom stereocenters. The Morgan fingerprint density at radius 2 is 1.69 bits per heavy atom. The van der Waals surface area contributed by atoms with Crippen LogP contribution in [-0.4, -0.2) is 37.1 Å². The molecule has 2 aromatic rings. The second kappa shape index (κ2) is 6.72. The van der Waals surface area contributed by atoms with Crippen LogP contribution in [0, 0.1) is 0 Å². The minimum atomic E-state index is -0.450. The molecule has 2 aliphatic heterocycles. The molecule has 6 heteroatoms. The summed E-state index contributed by atoms with van der Waals surface area (Å²) in [7, 11) is 0. The van der Waals surface area contributed by atoms with E-state index in [0.717, 1.165) is 17.7 Å². The summed E-state index contributed by atoms with van der Waals surface area (Å²) < 4.78 is 10.7. The maximum atomic E-state index is 12.5. The zero-order valence-corrected chi connectivity index (χ0v) is 14.0. The van der Waals surface area contributed by atoms with Gasteiger partial charge in [-0.15, -0.1) is 0 Å². The summed E-state index contributed by atoms with van der Waals surface area (Å²) in [6.45, 7) is 0.941. The number of nitrogens with zero attached hydrogens (tertiary/aromatic N) is 1. The van der Waals surface area contributed by atoms with E-state index in [9.17, 15) is 14.4 Å². The van der Waals surface area contributed by atoms with E-state index in [1.165, 1.54) is 0 Å². The molecule has 2 heterocycles. The van der Waals surface area contributed by atoms with Gasteiger partial charge in [0.05, 0.1) is 28.5 Å².